The van der Waals surface area contributed by atoms with Crippen molar-refractivity contribution in [2.75, 3.05) is 14.2 Å². The third kappa shape index (κ3) is 2.69. The fourth-order valence-electron chi connectivity index (χ4n) is 1.72. The molecule has 100 valence electrons. The highest BCUT2D eigenvalue weighted by molar-refractivity contribution is 7.81. The van der Waals surface area contributed by atoms with Gasteiger partial charge in [-0.2, -0.15) is 0 Å². The summed E-state index contributed by atoms with van der Waals surface area (Å²) in [6, 6.07) is 5.68. The molecule has 2 aromatic rings. The molecule has 0 aliphatic rings. The van der Waals surface area contributed by atoms with Gasteiger partial charge in [0.25, 0.3) is 0 Å². The minimum absolute atomic E-state index is 0.377. The van der Waals surface area contributed by atoms with Crippen LogP contribution >= 0.6 is 23.6 Å². The summed E-state index contributed by atoms with van der Waals surface area (Å²) in [5, 5.41) is 0.862. The van der Waals surface area contributed by atoms with Crippen molar-refractivity contribution < 1.29 is 9.47 Å². The van der Waals surface area contributed by atoms with E-state index in [-0.39, 0.29) is 0 Å². The molecule has 0 bridgehead atoms. The lowest BCUT2D eigenvalue weighted by Crippen LogP contribution is -2.08. The van der Waals surface area contributed by atoms with E-state index in [1.165, 1.54) is 11.3 Å². The van der Waals surface area contributed by atoms with E-state index >= 15 is 0 Å². The predicted octanol–water partition coefficient (Wildman–Crippen LogP) is 2.77. The number of aromatic nitrogens is 1. The summed E-state index contributed by atoms with van der Waals surface area (Å²) in [5.74, 6) is 1.36. The molecule has 0 saturated carbocycles. The molecule has 19 heavy (non-hydrogen) atoms. The van der Waals surface area contributed by atoms with Gasteiger partial charge in [-0.1, -0.05) is 12.2 Å². The van der Waals surface area contributed by atoms with Crippen LogP contribution in [0.15, 0.2) is 18.2 Å². The Hall–Kier alpha value is -1.66. The number of benzene rings is 1. The zero-order valence-electron chi connectivity index (χ0n) is 10.9. The number of nitrogens with two attached hydrogens (primary N) is 1. The first-order chi connectivity index (χ1) is 9.06. The molecule has 0 radical (unpaired) electrons. The number of aryl methyl sites for hydroxylation is 1. The second-order valence-electron chi connectivity index (χ2n) is 3.87. The number of methoxy groups -OCH3 is 2. The third-order valence-corrected chi connectivity index (χ3v) is 4.22. The minimum Gasteiger partial charge on any atom is -0.493 e. The molecule has 0 aliphatic heterocycles. The summed E-state index contributed by atoms with van der Waals surface area (Å²) >= 11 is 6.48. The van der Waals surface area contributed by atoms with Crippen LogP contribution < -0.4 is 15.2 Å². The van der Waals surface area contributed by atoms with Crippen LogP contribution in [0.3, 0.4) is 0 Å². The van der Waals surface area contributed by atoms with Crippen LogP contribution in [0.4, 0.5) is 0 Å². The van der Waals surface area contributed by atoms with Gasteiger partial charge in [0.15, 0.2) is 11.5 Å². The van der Waals surface area contributed by atoms with Crippen molar-refractivity contribution in [3.8, 4) is 22.1 Å². The fraction of sp³-hybridized carbons (Fsp3) is 0.231. The molecule has 4 nitrogen and oxygen atoms in total. The molecular weight excluding hydrogens is 280 g/mol. The maximum absolute atomic E-state index is 5.66. The lowest BCUT2D eigenvalue weighted by Gasteiger charge is -2.08. The molecule has 0 saturated heterocycles. The van der Waals surface area contributed by atoms with Gasteiger partial charge in [0, 0.05) is 5.56 Å². The summed E-state index contributed by atoms with van der Waals surface area (Å²) in [7, 11) is 3.21. The topological polar surface area (TPSA) is 57.4 Å². The van der Waals surface area contributed by atoms with E-state index in [4.69, 9.17) is 27.4 Å². The van der Waals surface area contributed by atoms with Gasteiger partial charge in [-0.25, -0.2) is 4.98 Å². The van der Waals surface area contributed by atoms with Crippen LogP contribution in [0.25, 0.3) is 10.6 Å². The highest BCUT2D eigenvalue weighted by Gasteiger charge is 2.13. The van der Waals surface area contributed by atoms with Gasteiger partial charge < -0.3 is 15.2 Å². The lowest BCUT2D eigenvalue weighted by molar-refractivity contribution is 0.355. The molecule has 0 unspecified atom stereocenters. The smallest absolute Gasteiger partial charge is 0.161 e. The average Bonchev–Trinajstić information content (AvgIpc) is 2.80. The summed E-state index contributed by atoms with van der Waals surface area (Å²) in [6.07, 6.45) is 0. The van der Waals surface area contributed by atoms with Crippen molar-refractivity contribution in [3.05, 3.63) is 28.8 Å². The quantitative estimate of drug-likeness (QED) is 0.879. The van der Waals surface area contributed by atoms with E-state index in [0.717, 1.165) is 21.1 Å². The number of rotatable bonds is 4. The maximum atomic E-state index is 5.66. The minimum atomic E-state index is 0.377. The van der Waals surface area contributed by atoms with Crippen molar-refractivity contribution in [3.63, 3.8) is 0 Å². The van der Waals surface area contributed by atoms with E-state index in [0.29, 0.717) is 16.5 Å². The Kier molecular flexibility index (Phi) is 4.01. The van der Waals surface area contributed by atoms with Gasteiger partial charge in [-0.3, -0.25) is 0 Å². The van der Waals surface area contributed by atoms with Crippen molar-refractivity contribution in [2.45, 2.75) is 6.92 Å². The molecule has 0 amide bonds. The summed E-state index contributed by atoms with van der Waals surface area (Å²) < 4.78 is 10.5. The average molecular weight is 294 g/mol. The monoisotopic (exact) mass is 294 g/mol. The van der Waals surface area contributed by atoms with Gasteiger partial charge >= 0.3 is 0 Å². The number of thiocarbonyl (C=S) groups is 1. The highest BCUT2D eigenvalue weighted by atomic mass is 32.1. The summed E-state index contributed by atoms with van der Waals surface area (Å²) in [4.78, 5) is 5.71. The zero-order chi connectivity index (χ0) is 14.0. The van der Waals surface area contributed by atoms with Crippen molar-refractivity contribution in [2.24, 2.45) is 5.73 Å². The first-order valence-electron chi connectivity index (χ1n) is 5.56. The van der Waals surface area contributed by atoms with Crippen molar-refractivity contribution in [1.82, 2.24) is 4.98 Å². The highest BCUT2D eigenvalue weighted by Crippen LogP contribution is 2.34. The molecule has 6 heteroatoms. The number of nitrogens with zero attached hydrogens (tertiary/aromatic N) is 1. The second-order valence-corrected chi connectivity index (χ2v) is 5.31. The van der Waals surface area contributed by atoms with Gasteiger partial charge in [0.05, 0.1) is 24.8 Å². The number of thiazole rings is 1. The first kappa shape index (κ1) is 13.8. The van der Waals surface area contributed by atoms with Crippen LogP contribution in [0.2, 0.25) is 0 Å². The largest absolute Gasteiger partial charge is 0.493 e. The van der Waals surface area contributed by atoms with Crippen LogP contribution in [0.5, 0.6) is 11.5 Å². The molecule has 1 aromatic heterocycles. The van der Waals surface area contributed by atoms with E-state index in [1.54, 1.807) is 14.2 Å². The Labute approximate surface area is 121 Å². The Balaban J connectivity index is 2.47. The standard InChI is InChI=1S/C13H14N2O2S2/c1-7-11(12(14)18)19-13(15-7)8-4-5-9(16-2)10(6-8)17-3/h4-6H,1-3H3,(H2,14,18). The van der Waals surface area contributed by atoms with Crippen LogP contribution in [-0.2, 0) is 0 Å². The summed E-state index contributed by atoms with van der Waals surface area (Å²) in [5.41, 5.74) is 7.47. The Bertz CT molecular complexity index is 623. The second kappa shape index (κ2) is 5.54. The van der Waals surface area contributed by atoms with Gasteiger partial charge in [-0.15, -0.1) is 11.3 Å². The zero-order valence-corrected chi connectivity index (χ0v) is 12.5. The SMILES string of the molecule is COc1ccc(-c2nc(C)c(C(N)=S)s2)cc1OC. The van der Waals surface area contributed by atoms with Gasteiger partial charge in [0.2, 0.25) is 0 Å². The molecule has 0 aliphatic carbocycles. The maximum Gasteiger partial charge on any atom is 0.161 e. The molecule has 0 fully saturated rings. The van der Waals surface area contributed by atoms with Crippen LogP contribution in [-0.4, -0.2) is 24.2 Å². The molecule has 1 aromatic carbocycles. The molecule has 2 rings (SSSR count). The molecule has 2 N–H and O–H groups in total. The molecule has 1 heterocycles. The fourth-order valence-corrected chi connectivity index (χ4v) is 2.91. The lowest BCUT2D eigenvalue weighted by atomic mass is 10.2. The Morgan fingerprint density at radius 2 is 1.95 bits per heavy atom. The first-order valence-corrected chi connectivity index (χ1v) is 6.79. The van der Waals surface area contributed by atoms with Gasteiger partial charge in [-0.05, 0) is 25.1 Å². The molecule has 0 spiro atoms. The third-order valence-electron chi connectivity index (χ3n) is 2.65. The predicted molar refractivity (Wildman–Crippen MR) is 81.3 cm³/mol. The van der Waals surface area contributed by atoms with Crippen molar-refractivity contribution >= 4 is 28.5 Å². The van der Waals surface area contributed by atoms with E-state index < -0.39 is 0 Å². The number of hydrogen-bond acceptors (Lipinski definition) is 5. The van der Waals surface area contributed by atoms with E-state index in [1.807, 2.05) is 25.1 Å². The van der Waals surface area contributed by atoms with E-state index in [9.17, 15) is 0 Å². The molecular formula is C13H14N2O2S2. The van der Waals surface area contributed by atoms with Gasteiger partial charge in [0.1, 0.15) is 10.00 Å². The van der Waals surface area contributed by atoms with Crippen molar-refractivity contribution in [1.29, 1.82) is 0 Å². The summed E-state index contributed by atoms with van der Waals surface area (Å²) in [6.45, 7) is 1.90. The molecule has 0 atom stereocenters. The number of ether oxygens (including phenoxy) is 2. The van der Waals surface area contributed by atoms with Crippen LogP contribution in [0, 0.1) is 6.92 Å². The number of hydrogen-bond donors (Lipinski definition) is 1. The normalized spacial score (nSPS) is 10.3. The van der Waals surface area contributed by atoms with E-state index in [2.05, 4.69) is 4.98 Å². The Morgan fingerprint density at radius 1 is 1.26 bits per heavy atom. The Morgan fingerprint density at radius 3 is 2.47 bits per heavy atom. The van der Waals surface area contributed by atoms with Crippen LogP contribution in [0.1, 0.15) is 10.6 Å².